The standard InChI is InChI=1S/C26H26FNO4/c1-16-23(26(30)32-13-12-31-2)24(18-8-10-20(27)11-9-18)25-21(28-16)14-19(15-22(25)29)17-6-4-3-5-7-17/h3-11,19,24,28H,12-15H2,1-2H3/t19-,24-/m0/s1. The van der Waals surface area contributed by atoms with E-state index < -0.39 is 11.9 Å². The molecule has 0 aromatic heterocycles. The Hall–Kier alpha value is -3.25. The molecule has 0 amide bonds. The third kappa shape index (κ3) is 4.36. The van der Waals surface area contributed by atoms with Crippen LogP contribution in [-0.2, 0) is 19.1 Å². The monoisotopic (exact) mass is 435 g/mol. The second-order valence-electron chi connectivity index (χ2n) is 8.11. The van der Waals surface area contributed by atoms with E-state index in [-0.39, 0.29) is 30.7 Å². The first kappa shape index (κ1) is 22.0. The van der Waals surface area contributed by atoms with Gasteiger partial charge in [-0.25, -0.2) is 9.18 Å². The molecule has 0 radical (unpaired) electrons. The Labute approximate surface area is 186 Å². The molecule has 0 fully saturated rings. The zero-order valence-corrected chi connectivity index (χ0v) is 18.2. The number of hydrogen-bond donors (Lipinski definition) is 1. The first-order valence-electron chi connectivity index (χ1n) is 10.7. The van der Waals surface area contributed by atoms with Gasteiger partial charge in [-0.1, -0.05) is 42.5 Å². The van der Waals surface area contributed by atoms with Crippen molar-refractivity contribution in [3.63, 3.8) is 0 Å². The molecule has 166 valence electrons. The van der Waals surface area contributed by atoms with Crippen LogP contribution in [0.1, 0.15) is 42.7 Å². The van der Waals surface area contributed by atoms with Crippen LogP contribution >= 0.6 is 0 Å². The predicted octanol–water partition coefficient (Wildman–Crippen LogP) is 4.38. The summed E-state index contributed by atoms with van der Waals surface area (Å²) in [5.74, 6) is -1.44. The minimum atomic E-state index is -0.605. The van der Waals surface area contributed by atoms with Gasteiger partial charge in [0.1, 0.15) is 12.4 Å². The van der Waals surface area contributed by atoms with Crippen LogP contribution in [0.15, 0.2) is 77.1 Å². The van der Waals surface area contributed by atoms with Gasteiger partial charge in [0.15, 0.2) is 5.78 Å². The minimum absolute atomic E-state index is 0.0170. The number of hydrogen-bond acceptors (Lipinski definition) is 5. The van der Waals surface area contributed by atoms with Crippen LogP contribution in [0.4, 0.5) is 4.39 Å². The van der Waals surface area contributed by atoms with Crippen molar-refractivity contribution in [2.24, 2.45) is 0 Å². The molecule has 0 bridgehead atoms. The van der Waals surface area contributed by atoms with Crippen molar-refractivity contribution in [2.75, 3.05) is 20.3 Å². The second-order valence-corrected chi connectivity index (χ2v) is 8.11. The largest absolute Gasteiger partial charge is 0.460 e. The van der Waals surface area contributed by atoms with Crippen LogP contribution in [-0.4, -0.2) is 32.1 Å². The number of ether oxygens (including phenoxy) is 2. The number of rotatable bonds is 6. The van der Waals surface area contributed by atoms with Crippen molar-refractivity contribution in [1.29, 1.82) is 0 Å². The topological polar surface area (TPSA) is 64.6 Å². The van der Waals surface area contributed by atoms with Crippen molar-refractivity contribution in [3.05, 3.63) is 94.1 Å². The summed E-state index contributed by atoms with van der Waals surface area (Å²) in [5, 5.41) is 3.31. The van der Waals surface area contributed by atoms with E-state index in [4.69, 9.17) is 9.47 Å². The highest BCUT2D eigenvalue weighted by Crippen LogP contribution is 2.45. The van der Waals surface area contributed by atoms with Gasteiger partial charge in [0.05, 0.1) is 12.2 Å². The molecule has 1 aliphatic carbocycles. The summed E-state index contributed by atoms with van der Waals surface area (Å²) >= 11 is 0. The fourth-order valence-corrected chi connectivity index (χ4v) is 4.55. The smallest absolute Gasteiger partial charge is 0.336 e. The van der Waals surface area contributed by atoms with Gasteiger partial charge < -0.3 is 14.8 Å². The molecular formula is C26H26FNO4. The first-order valence-corrected chi connectivity index (χ1v) is 10.7. The molecule has 2 aromatic carbocycles. The highest BCUT2D eigenvalue weighted by Gasteiger charge is 2.41. The van der Waals surface area contributed by atoms with E-state index in [0.29, 0.717) is 35.2 Å². The van der Waals surface area contributed by atoms with Gasteiger partial charge in [0.2, 0.25) is 0 Å². The molecule has 5 nitrogen and oxygen atoms in total. The molecule has 2 atom stereocenters. The molecule has 1 aliphatic heterocycles. The lowest BCUT2D eigenvalue weighted by Crippen LogP contribution is -2.36. The van der Waals surface area contributed by atoms with E-state index in [9.17, 15) is 14.0 Å². The van der Waals surface area contributed by atoms with Crippen LogP contribution in [0.2, 0.25) is 0 Å². The number of carbonyl (C=O) groups is 2. The Morgan fingerprint density at radius 2 is 1.75 bits per heavy atom. The summed E-state index contributed by atoms with van der Waals surface area (Å²) in [5.41, 5.74) is 4.19. The quantitative estimate of drug-likeness (QED) is 0.539. The summed E-state index contributed by atoms with van der Waals surface area (Å²) < 4.78 is 24.0. The van der Waals surface area contributed by atoms with Crippen LogP contribution in [0.5, 0.6) is 0 Å². The Kier molecular flexibility index (Phi) is 6.51. The predicted molar refractivity (Wildman–Crippen MR) is 118 cm³/mol. The molecule has 6 heteroatoms. The van der Waals surface area contributed by atoms with E-state index in [1.54, 1.807) is 12.1 Å². The van der Waals surface area contributed by atoms with E-state index in [0.717, 1.165) is 11.3 Å². The van der Waals surface area contributed by atoms with Gasteiger partial charge in [0, 0.05) is 36.4 Å². The minimum Gasteiger partial charge on any atom is -0.460 e. The fraction of sp³-hybridized carbons (Fsp3) is 0.308. The average molecular weight is 435 g/mol. The van der Waals surface area contributed by atoms with E-state index in [2.05, 4.69) is 5.32 Å². The number of esters is 1. The normalized spacial score (nSPS) is 20.7. The fourth-order valence-electron chi connectivity index (χ4n) is 4.55. The average Bonchev–Trinajstić information content (AvgIpc) is 2.79. The summed E-state index contributed by atoms with van der Waals surface area (Å²) in [6.07, 6.45) is 1.01. The van der Waals surface area contributed by atoms with Crippen molar-refractivity contribution in [2.45, 2.75) is 31.6 Å². The van der Waals surface area contributed by atoms with Crippen LogP contribution < -0.4 is 5.32 Å². The molecule has 0 spiro atoms. The Balaban J connectivity index is 1.74. The number of benzene rings is 2. The summed E-state index contributed by atoms with van der Waals surface area (Å²) in [7, 11) is 1.53. The zero-order valence-electron chi connectivity index (χ0n) is 18.2. The Morgan fingerprint density at radius 3 is 2.44 bits per heavy atom. The van der Waals surface area contributed by atoms with Gasteiger partial charge in [-0.3, -0.25) is 4.79 Å². The third-order valence-electron chi connectivity index (χ3n) is 6.04. The maximum absolute atomic E-state index is 13.6. The lowest BCUT2D eigenvalue weighted by atomic mass is 9.72. The van der Waals surface area contributed by atoms with E-state index in [1.807, 2.05) is 37.3 Å². The SMILES string of the molecule is COCCOC(=O)C1=C(C)NC2=C(C(=O)C[C@@H](c3ccccc3)C2)[C@H]1c1ccc(F)cc1. The number of carbonyl (C=O) groups excluding carboxylic acids is 2. The van der Waals surface area contributed by atoms with E-state index in [1.165, 1.54) is 19.2 Å². The van der Waals surface area contributed by atoms with Crippen molar-refractivity contribution in [3.8, 4) is 0 Å². The molecular weight excluding hydrogens is 409 g/mol. The van der Waals surface area contributed by atoms with Gasteiger partial charge in [-0.15, -0.1) is 0 Å². The number of allylic oxidation sites excluding steroid dienone is 3. The van der Waals surface area contributed by atoms with E-state index >= 15 is 0 Å². The van der Waals surface area contributed by atoms with Crippen molar-refractivity contribution in [1.82, 2.24) is 5.32 Å². The zero-order chi connectivity index (χ0) is 22.7. The lowest BCUT2D eigenvalue weighted by Gasteiger charge is -2.36. The lowest BCUT2D eigenvalue weighted by molar-refractivity contribution is -0.140. The third-order valence-corrected chi connectivity index (χ3v) is 6.04. The van der Waals surface area contributed by atoms with Crippen LogP contribution in [0, 0.1) is 5.82 Å². The summed E-state index contributed by atoms with van der Waals surface area (Å²) in [4.78, 5) is 26.4. The maximum Gasteiger partial charge on any atom is 0.336 e. The Bertz CT molecular complexity index is 1070. The highest BCUT2D eigenvalue weighted by molar-refractivity contribution is 6.04. The van der Waals surface area contributed by atoms with Gasteiger partial charge >= 0.3 is 5.97 Å². The number of Topliss-reactive ketones (excluding diaryl/α,β-unsaturated/α-hetero) is 1. The van der Waals surface area contributed by atoms with Gasteiger partial charge in [-0.2, -0.15) is 0 Å². The molecule has 0 saturated heterocycles. The molecule has 32 heavy (non-hydrogen) atoms. The molecule has 1 heterocycles. The molecule has 2 aliphatic rings. The maximum atomic E-state index is 13.6. The number of ketones is 1. The summed E-state index contributed by atoms with van der Waals surface area (Å²) in [6, 6.07) is 15.9. The highest BCUT2D eigenvalue weighted by atomic mass is 19.1. The number of methoxy groups -OCH3 is 1. The Morgan fingerprint density at radius 1 is 1.03 bits per heavy atom. The van der Waals surface area contributed by atoms with Crippen LogP contribution in [0.25, 0.3) is 0 Å². The molecule has 0 saturated carbocycles. The first-order chi connectivity index (χ1) is 15.5. The second kappa shape index (κ2) is 9.49. The van der Waals surface area contributed by atoms with Crippen LogP contribution in [0.3, 0.4) is 0 Å². The van der Waals surface area contributed by atoms with Crippen molar-refractivity contribution < 1.29 is 23.5 Å². The van der Waals surface area contributed by atoms with Gasteiger partial charge in [-0.05, 0) is 42.5 Å². The molecule has 2 aromatic rings. The molecule has 0 unspecified atom stereocenters. The molecule has 1 N–H and O–H groups in total. The number of halogens is 1. The number of dihydropyridines is 1. The number of nitrogens with one attached hydrogen (secondary N) is 1. The van der Waals surface area contributed by atoms with Crippen molar-refractivity contribution >= 4 is 11.8 Å². The summed E-state index contributed by atoms with van der Waals surface area (Å²) in [6.45, 7) is 2.19. The van der Waals surface area contributed by atoms with Gasteiger partial charge in [0.25, 0.3) is 0 Å². The molecule has 4 rings (SSSR count).